The molecule has 0 unspecified atom stereocenters. The molecule has 3 rings (SSSR count). The molecule has 1 aliphatic heterocycles. The average Bonchev–Trinajstić information content (AvgIpc) is 2.52. The number of hydrogen-bond donors (Lipinski definition) is 1. The van der Waals surface area contributed by atoms with Crippen molar-refractivity contribution >= 4 is 11.7 Å². The van der Waals surface area contributed by atoms with Crippen molar-refractivity contribution in [3.05, 3.63) is 41.7 Å². The van der Waals surface area contributed by atoms with Gasteiger partial charge in [0.05, 0.1) is 17.8 Å². The van der Waals surface area contributed by atoms with Crippen LogP contribution in [-0.2, 0) is 0 Å². The highest BCUT2D eigenvalue weighted by molar-refractivity contribution is 5.94. The number of Topliss-reactive ketones (excluding diaryl/α,β-unsaturated/α-hetero) is 1. The monoisotopic (exact) mass is 299 g/mol. The lowest BCUT2D eigenvalue weighted by molar-refractivity contribution is 0.0996. The number of ether oxygens (including phenoxy) is 2. The van der Waals surface area contributed by atoms with Gasteiger partial charge < -0.3 is 14.8 Å². The fraction of sp³-hybridized carbons (Fsp3) is 0.312. The Morgan fingerprint density at radius 2 is 2.14 bits per heavy atom. The van der Waals surface area contributed by atoms with Gasteiger partial charge >= 0.3 is 0 Å². The van der Waals surface area contributed by atoms with E-state index < -0.39 is 0 Å². The minimum atomic E-state index is -0.119. The first-order valence-corrected chi connectivity index (χ1v) is 7.10. The van der Waals surface area contributed by atoms with Gasteiger partial charge in [0.25, 0.3) is 0 Å². The topological polar surface area (TPSA) is 73.3 Å². The summed E-state index contributed by atoms with van der Waals surface area (Å²) in [5.41, 5.74) is 1.20. The maximum absolute atomic E-state index is 11.4. The van der Waals surface area contributed by atoms with Gasteiger partial charge in [-0.2, -0.15) is 0 Å². The highest BCUT2D eigenvalue weighted by atomic mass is 16.6. The number of carbonyl (C=O) groups excluding carboxylic acids is 1. The van der Waals surface area contributed by atoms with Crippen LogP contribution in [0.1, 0.15) is 23.0 Å². The van der Waals surface area contributed by atoms with Gasteiger partial charge in [0.1, 0.15) is 12.7 Å². The van der Waals surface area contributed by atoms with E-state index in [1.54, 1.807) is 13.1 Å². The number of aromatic nitrogens is 2. The summed E-state index contributed by atoms with van der Waals surface area (Å²) < 4.78 is 11.5. The second-order valence-electron chi connectivity index (χ2n) is 5.13. The van der Waals surface area contributed by atoms with E-state index in [0.29, 0.717) is 30.4 Å². The Morgan fingerprint density at radius 1 is 1.36 bits per heavy atom. The largest absolute Gasteiger partial charge is 0.486 e. The lowest BCUT2D eigenvalue weighted by Crippen LogP contribution is -2.35. The second kappa shape index (κ2) is 6.01. The molecule has 0 bridgehead atoms. The van der Waals surface area contributed by atoms with Crippen molar-refractivity contribution in [3.8, 4) is 11.5 Å². The Bertz CT molecular complexity index is 703. The summed E-state index contributed by atoms with van der Waals surface area (Å²) >= 11 is 0. The van der Waals surface area contributed by atoms with Crippen molar-refractivity contribution in [1.29, 1.82) is 0 Å². The molecule has 6 heteroatoms. The fourth-order valence-corrected chi connectivity index (χ4v) is 2.27. The Balaban J connectivity index is 1.62. The lowest BCUT2D eigenvalue weighted by Gasteiger charge is -2.26. The number of anilines is 1. The van der Waals surface area contributed by atoms with Crippen molar-refractivity contribution in [2.75, 3.05) is 18.5 Å². The maximum Gasteiger partial charge on any atom is 0.223 e. The minimum Gasteiger partial charge on any atom is -0.486 e. The van der Waals surface area contributed by atoms with Crippen molar-refractivity contribution < 1.29 is 14.3 Å². The van der Waals surface area contributed by atoms with Crippen LogP contribution in [0.4, 0.5) is 5.95 Å². The number of carbonyl (C=O) groups is 1. The molecule has 0 radical (unpaired) electrons. The maximum atomic E-state index is 11.4. The van der Waals surface area contributed by atoms with E-state index in [-0.39, 0.29) is 11.9 Å². The molecule has 0 saturated heterocycles. The van der Waals surface area contributed by atoms with Crippen molar-refractivity contribution in [2.24, 2.45) is 0 Å². The molecule has 2 aromatic rings. The molecular formula is C16H17N3O3. The number of ketones is 1. The van der Waals surface area contributed by atoms with E-state index in [2.05, 4.69) is 15.3 Å². The summed E-state index contributed by atoms with van der Waals surface area (Å²) in [6.45, 7) is 4.28. The number of para-hydroxylation sites is 2. The molecule has 0 amide bonds. The van der Waals surface area contributed by atoms with Gasteiger partial charge in [-0.3, -0.25) is 4.79 Å². The molecule has 22 heavy (non-hydrogen) atoms. The zero-order valence-electron chi connectivity index (χ0n) is 12.5. The molecule has 2 heterocycles. The zero-order chi connectivity index (χ0) is 15.5. The number of nitrogens with one attached hydrogen (secondary N) is 1. The number of aryl methyl sites for hydroxylation is 1. The van der Waals surface area contributed by atoms with E-state index in [0.717, 1.165) is 11.5 Å². The van der Waals surface area contributed by atoms with Crippen LogP contribution < -0.4 is 14.8 Å². The Labute approximate surface area is 128 Å². The predicted molar refractivity (Wildman–Crippen MR) is 81.6 cm³/mol. The van der Waals surface area contributed by atoms with Crippen molar-refractivity contribution in [3.63, 3.8) is 0 Å². The Hall–Kier alpha value is -2.63. The third-order valence-electron chi connectivity index (χ3n) is 3.41. The Morgan fingerprint density at radius 3 is 2.86 bits per heavy atom. The highest BCUT2D eigenvalue weighted by Crippen LogP contribution is 2.30. The normalized spacial score (nSPS) is 16.2. The lowest BCUT2D eigenvalue weighted by atomic mass is 10.2. The smallest absolute Gasteiger partial charge is 0.223 e. The van der Waals surface area contributed by atoms with Gasteiger partial charge in [-0.1, -0.05) is 12.1 Å². The quantitative estimate of drug-likeness (QED) is 0.873. The summed E-state index contributed by atoms with van der Waals surface area (Å²) in [6.07, 6.45) is 1.42. The number of nitrogens with zero attached hydrogens (tertiary/aromatic N) is 2. The van der Waals surface area contributed by atoms with Crippen LogP contribution in [0.2, 0.25) is 0 Å². The second-order valence-corrected chi connectivity index (χ2v) is 5.13. The van der Waals surface area contributed by atoms with Crippen LogP contribution in [0.3, 0.4) is 0 Å². The summed E-state index contributed by atoms with van der Waals surface area (Å²) in [4.78, 5) is 19.8. The van der Waals surface area contributed by atoms with Crippen molar-refractivity contribution in [1.82, 2.24) is 9.97 Å². The van der Waals surface area contributed by atoms with Crippen LogP contribution in [0.25, 0.3) is 0 Å². The van der Waals surface area contributed by atoms with E-state index in [9.17, 15) is 4.79 Å². The van der Waals surface area contributed by atoms with Gasteiger partial charge in [-0.05, 0) is 26.0 Å². The number of fused-ring (bicyclic) bond motifs is 1. The molecule has 114 valence electrons. The number of benzene rings is 1. The predicted octanol–water partition coefficient (Wildman–Crippen LogP) is 2.24. The average molecular weight is 299 g/mol. The van der Waals surface area contributed by atoms with Crippen LogP contribution in [0.5, 0.6) is 11.5 Å². The zero-order valence-corrected chi connectivity index (χ0v) is 12.5. The van der Waals surface area contributed by atoms with Gasteiger partial charge in [0.2, 0.25) is 5.95 Å². The fourth-order valence-electron chi connectivity index (χ4n) is 2.27. The summed E-state index contributed by atoms with van der Waals surface area (Å²) in [5.74, 6) is 1.94. The molecule has 0 aliphatic carbocycles. The van der Waals surface area contributed by atoms with E-state index in [1.807, 2.05) is 24.3 Å². The molecule has 1 aromatic carbocycles. The van der Waals surface area contributed by atoms with Crippen LogP contribution >= 0.6 is 0 Å². The summed E-state index contributed by atoms with van der Waals surface area (Å²) in [6, 6.07) is 7.58. The van der Waals surface area contributed by atoms with Crippen molar-refractivity contribution in [2.45, 2.75) is 20.0 Å². The third-order valence-corrected chi connectivity index (χ3v) is 3.41. The Kier molecular flexibility index (Phi) is 3.91. The van der Waals surface area contributed by atoms with Crippen LogP contribution in [-0.4, -0.2) is 35.0 Å². The molecule has 1 atom stereocenters. The van der Waals surface area contributed by atoms with E-state index >= 15 is 0 Å². The SMILES string of the molecule is CC(=O)c1cnc(NC[C@@H]2COc3ccccc3O2)nc1C. The molecule has 6 nitrogen and oxygen atoms in total. The third kappa shape index (κ3) is 3.00. The van der Waals surface area contributed by atoms with Gasteiger partial charge in [0.15, 0.2) is 17.3 Å². The summed E-state index contributed by atoms with van der Waals surface area (Å²) in [5, 5.41) is 3.11. The van der Waals surface area contributed by atoms with Gasteiger partial charge in [0, 0.05) is 6.20 Å². The molecule has 1 N–H and O–H groups in total. The molecule has 1 aromatic heterocycles. The standard InChI is InChI=1S/C16H17N3O3/c1-10-13(11(2)20)8-18-16(19-10)17-7-12-9-21-14-5-3-4-6-15(14)22-12/h3-6,8,12H,7,9H2,1-2H3,(H,17,18,19)/t12-/m1/s1. The number of hydrogen-bond acceptors (Lipinski definition) is 6. The van der Waals surface area contributed by atoms with Crippen LogP contribution in [0, 0.1) is 6.92 Å². The molecule has 1 aliphatic rings. The number of rotatable bonds is 4. The van der Waals surface area contributed by atoms with E-state index in [1.165, 1.54) is 6.92 Å². The molecular weight excluding hydrogens is 282 g/mol. The highest BCUT2D eigenvalue weighted by Gasteiger charge is 2.20. The molecule has 0 saturated carbocycles. The molecule has 0 spiro atoms. The first kappa shape index (κ1) is 14.3. The van der Waals surface area contributed by atoms with Gasteiger partial charge in [-0.25, -0.2) is 9.97 Å². The first-order chi connectivity index (χ1) is 10.6. The summed E-state index contributed by atoms with van der Waals surface area (Å²) in [7, 11) is 0. The first-order valence-electron chi connectivity index (χ1n) is 7.10. The minimum absolute atomic E-state index is 0.0373. The molecule has 0 fully saturated rings. The van der Waals surface area contributed by atoms with Crippen LogP contribution in [0.15, 0.2) is 30.5 Å². The van der Waals surface area contributed by atoms with E-state index in [4.69, 9.17) is 9.47 Å². The van der Waals surface area contributed by atoms with Gasteiger partial charge in [-0.15, -0.1) is 0 Å².